The van der Waals surface area contributed by atoms with E-state index < -0.39 is 9.76 Å². The Morgan fingerprint density at radius 1 is 1.55 bits per heavy atom. The SMILES string of the molecule is C=CCON[C@@H]1C=C(C)[C@@H](CO[SiH2]CC(C)(C)C)NC1. The van der Waals surface area contributed by atoms with Gasteiger partial charge in [-0.1, -0.05) is 38.5 Å². The molecular weight excluding hydrogens is 268 g/mol. The predicted molar refractivity (Wildman–Crippen MR) is 87.4 cm³/mol. The minimum absolute atomic E-state index is 0.220. The van der Waals surface area contributed by atoms with Crippen LogP contribution in [-0.4, -0.2) is 41.6 Å². The minimum Gasteiger partial charge on any atom is -0.422 e. The normalized spacial score (nSPS) is 24.1. The largest absolute Gasteiger partial charge is 0.422 e. The first-order valence-corrected chi connectivity index (χ1v) is 8.98. The molecule has 1 rings (SSSR count). The Hall–Kier alpha value is -0.463. The lowest BCUT2D eigenvalue weighted by molar-refractivity contribution is 0.0437. The second-order valence-electron chi connectivity index (χ2n) is 6.58. The molecule has 2 atom stereocenters. The molecule has 0 aromatic rings. The average Bonchev–Trinajstić information content (AvgIpc) is 2.36. The van der Waals surface area contributed by atoms with Crippen LogP contribution in [0.4, 0.5) is 0 Å². The molecule has 0 spiro atoms. The van der Waals surface area contributed by atoms with Gasteiger partial charge in [0.15, 0.2) is 9.76 Å². The Kier molecular flexibility index (Phi) is 7.69. The highest BCUT2D eigenvalue weighted by Crippen LogP contribution is 2.18. The molecule has 0 saturated carbocycles. The van der Waals surface area contributed by atoms with Crippen LogP contribution in [0.25, 0.3) is 0 Å². The van der Waals surface area contributed by atoms with E-state index in [2.05, 4.69) is 51.1 Å². The summed E-state index contributed by atoms with van der Waals surface area (Å²) in [6, 6.07) is 1.79. The molecule has 0 unspecified atom stereocenters. The molecule has 116 valence electrons. The van der Waals surface area contributed by atoms with E-state index in [-0.39, 0.29) is 6.04 Å². The molecular formula is C15H30N2O2Si. The molecule has 1 aliphatic rings. The van der Waals surface area contributed by atoms with E-state index in [1.807, 2.05) is 0 Å². The van der Waals surface area contributed by atoms with Crippen molar-refractivity contribution in [2.75, 3.05) is 19.8 Å². The number of rotatable bonds is 8. The standard InChI is InChI=1S/C15H30N2O2Si/c1-6-7-18-17-13-8-12(2)14(16-9-13)10-19-20-11-15(3,4)5/h6,8,13-14,16-17H,1,7,9-11,20H2,2-5H3/t13-,14-/m1/s1. The van der Waals surface area contributed by atoms with E-state index in [1.54, 1.807) is 6.08 Å². The molecule has 1 aliphatic heterocycles. The highest BCUT2D eigenvalue weighted by molar-refractivity contribution is 6.27. The number of hydroxylamine groups is 1. The first-order valence-electron chi connectivity index (χ1n) is 7.40. The van der Waals surface area contributed by atoms with Gasteiger partial charge in [0, 0.05) is 6.54 Å². The van der Waals surface area contributed by atoms with Gasteiger partial charge in [-0.25, -0.2) is 0 Å². The highest BCUT2D eigenvalue weighted by atomic mass is 28.2. The van der Waals surface area contributed by atoms with Crippen LogP contribution < -0.4 is 10.8 Å². The molecule has 0 fully saturated rings. The summed E-state index contributed by atoms with van der Waals surface area (Å²) in [5.41, 5.74) is 4.74. The van der Waals surface area contributed by atoms with E-state index in [0.717, 1.165) is 13.2 Å². The van der Waals surface area contributed by atoms with Crippen molar-refractivity contribution in [3.05, 3.63) is 24.3 Å². The van der Waals surface area contributed by atoms with Crippen molar-refractivity contribution < 1.29 is 9.26 Å². The third-order valence-electron chi connectivity index (χ3n) is 3.31. The summed E-state index contributed by atoms with van der Waals surface area (Å²) in [5, 5.41) is 3.50. The summed E-state index contributed by atoms with van der Waals surface area (Å²) in [6.45, 7) is 14.8. The topological polar surface area (TPSA) is 42.5 Å². The summed E-state index contributed by atoms with van der Waals surface area (Å²) in [5.74, 6) is 0. The van der Waals surface area contributed by atoms with Gasteiger partial charge in [-0.05, 0) is 18.4 Å². The van der Waals surface area contributed by atoms with Crippen molar-refractivity contribution in [2.45, 2.75) is 45.8 Å². The monoisotopic (exact) mass is 298 g/mol. The number of hydrogen-bond acceptors (Lipinski definition) is 4. The van der Waals surface area contributed by atoms with Crippen LogP contribution in [0.15, 0.2) is 24.3 Å². The zero-order valence-corrected chi connectivity index (χ0v) is 14.8. The van der Waals surface area contributed by atoms with Gasteiger partial charge in [0.25, 0.3) is 0 Å². The first-order chi connectivity index (χ1) is 9.42. The number of hydrogen-bond donors (Lipinski definition) is 2. The van der Waals surface area contributed by atoms with Gasteiger partial charge in [-0.3, -0.25) is 4.84 Å². The maximum Gasteiger partial charge on any atom is 0.162 e. The summed E-state index contributed by atoms with van der Waals surface area (Å²) >= 11 is 0. The van der Waals surface area contributed by atoms with Gasteiger partial charge in [0.05, 0.1) is 25.3 Å². The molecule has 0 aromatic carbocycles. The second-order valence-corrected chi connectivity index (χ2v) is 7.90. The van der Waals surface area contributed by atoms with Crippen LogP contribution in [0.1, 0.15) is 27.7 Å². The maximum absolute atomic E-state index is 5.92. The van der Waals surface area contributed by atoms with Crippen LogP contribution in [0.5, 0.6) is 0 Å². The molecule has 4 nitrogen and oxygen atoms in total. The maximum atomic E-state index is 5.92. The highest BCUT2D eigenvalue weighted by Gasteiger charge is 2.20. The van der Waals surface area contributed by atoms with Gasteiger partial charge in [-0.2, -0.15) is 5.48 Å². The fraction of sp³-hybridized carbons (Fsp3) is 0.733. The lowest BCUT2D eigenvalue weighted by Crippen LogP contribution is -2.48. The lowest BCUT2D eigenvalue weighted by atomic mass is 10.0. The van der Waals surface area contributed by atoms with E-state index in [1.165, 1.54) is 11.6 Å². The van der Waals surface area contributed by atoms with Crippen molar-refractivity contribution in [1.82, 2.24) is 10.8 Å². The van der Waals surface area contributed by atoms with Crippen molar-refractivity contribution in [3.8, 4) is 0 Å². The molecule has 0 amide bonds. The molecule has 0 aromatic heterocycles. The van der Waals surface area contributed by atoms with E-state index in [4.69, 9.17) is 9.26 Å². The van der Waals surface area contributed by atoms with Crippen LogP contribution >= 0.6 is 0 Å². The van der Waals surface area contributed by atoms with Crippen LogP contribution in [-0.2, 0) is 9.26 Å². The fourth-order valence-electron chi connectivity index (χ4n) is 1.98. The molecule has 20 heavy (non-hydrogen) atoms. The zero-order chi connectivity index (χ0) is 15.0. The Balaban J connectivity index is 2.25. The molecule has 2 N–H and O–H groups in total. The Bertz CT molecular complexity index is 326. The molecule has 0 aliphatic carbocycles. The zero-order valence-electron chi connectivity index (χ0n) is 13.4. The predicted octanol–water partition coefficient (Wildman–Crippen LogP) is 1.55. The lowest BCUT2D eigenvalue weighted by Gasteiger charge is -2.29. The van der Waals surface area contributed by atoms with Crippen LogP contribution in [0.3, 0.4) is 0 Å². The summed E-state index contributed by atoms with van der Waals surface area (Å²) in [6.07, 6.45) is 3.95. The smallest absolute Gasteiger partial charge is 0.162 e. The van der Waals surface area contributed by atoms with E-state index in [9.17, 15) is 0 Å². The average molecular weight is 299 g/mol. The Labute approximate surface area is 125 Å². The summed E-state index contributed by atoms with van der Waals surface area (Å²) in [4.78, 5) is 5.26. The third-order valence-corrected chi connectivity index (χ3v) is 5.54. The molecule has 0 bridgehead atoms. The second kappa shape index (κ2) is 8.74. The van der Waals surface area contributed by atoms with Crippen LogP contribution in [0, 0.1) is 5.41 Å². The minimum atomic E-state index is -0.409. The van der Waals surface area contributed by atoms with Gasteiger partial charge < -0.3 is 9.74 Å². The number of nitrogens with one attached hydrogen (secondary N) is 2. The quantitative estimate of drug-likeness (QED) is 0.309. The molecule has 0 saturated heterocycles. The van der Waals surface area contributed by atoms with Crippen molar-refractivity contribution >= 4 is 9.76 Å². The summed E-state index contributed by atoms with van der Waals surface area (Å²) in [7, 11) is -0.409. The third kappa shape index (κ3) is 7.35. The van der Waals surface area contributed by atoms with E-state index in [0.29, 0.717) is 18.1 Å². The van der Waals surface area contributed by atoms with Crippen molar-refractivity contribution in [3.63, 3.8) is 0 Å². The Morgan fingerprint density at radius 2 is 2.30 bits per heavy atom. The first kappa shape index (κ1) is 17.6. The Morgan fingerprint density at radius 3 is 2.90 bits per heavy atom. The van der Waals surface area contributed by atoms with Gasteiger partial charge in [-0.15, -0.1) is 6.58 Å². The van der Waals surface area contributed by atoms with Gasteiger partial charge in [0.1, 0.15) is 0 Å². The van der Waals surface area contributed by atoms with E-state index >= 15 is 0 Å². The van der Waals surface area contributed by atoms with Crippen molar-refractivity contribution in [2.24, 2.45) is 5.41 Å². The molecule has 1 heterocycles. The molecule has 5 heteroatoms. The van der Waals surface area contributed by atoms with Gasteiger partial charge in [0.2, 0.25) is 0 Å². The fourth-order valence-corrected chi connectivity index (χ4v) is 3.14. The molecule has 0 radical (unpaired) electrons. The summed E-state index contributed by atoms with van der Waals surface area (Å²) < 4.78 is 5.92. The van der Waals surface area contributed by atoms with Gasteiger partial charge >= 0.3 is 0 Å². The van der Waals surface area contributed by atoms with Crippen LogP contribution in [0.2, 0.25) is 6.04 Å². The van der Waals surface area contributed by atoms with Crippen molar-refractivity contribution in [1.29, 1.82) is 0 Å².